The van der Waals surface area contributed by atoms with Gasteiger partial charge in [0, 0.05) is 38.6 Å². The molecule has 1 saturated carbocycles. The number of guanidine groups is 1. The Labute approximate surface area is 158 Å². The van der Waals surface area contributed by atoms with Gasteiger partial charge in [-0.15, -0.1) is 0 Å². The normalized spacial score (nSPS) is 17.0. The molecule has 2 N–H and O–H groups in total. The van der Waals surface area contributed by atoms with E-state index in [0.29, 0.717) is 25.6 Å². The van der Waals surface area contributed by atoms with Gasteiger partial charge in [-0.1, -0.05) is 50.6 Å². The predicted molar refractivity (Wildman–Crippen MR) is 108 cm³/mol. The molecule has 0 atom stereocenters. The molecule has 0 saturated heterocycles. The van der Waals surface area contributed by atoms with Gasteiger partial charge in [-0.05, 0) is 18.4 Å². The summed E-state index contributed by atoms with van der Waals surface area (Å²) in [5.41, 5.74) is 1.52. The molecule has 0 radical (unpaired) electrons. The van der Waals surface area contributed by atoms with E-state index in [1.807, 2.05) is 19.9 Å². The molecule has 7 heteroatoms. The fourth-order valence-electron chi connectivity index (χ4n) is 3.48. The lowest BCUT2D eigenvalue weighted by Gasteiger charge is -2.43. The summed E-state index contributed by atoms with van der Waals surface area (Å²) in [5.74, 6) is 0.723. The highest BCUT2D eigenvalue weighted by atomic mass is 32.2. The number of rotatable bonds is 9. The van der Waals surface area contributed by atoms with E-state index in [1.165, 1.54) is 16.3 Å². The number of aliphatic imine (C=N–C) groups is 1. The number of hydrogen-bond acceptors (Lipinski definition) is 3. The summed E-state index contributed by atoms with van der Waals surface area (Å²) in [5, 5.41) is 6.52. The first kappa shape index (κ1) is 20.7. The van der Waals surface area contributed by atoms with Crippen LogP contribution in [0.2, 0.25) is 0 Å². The van der Waals surface area contributed by atoms with E-state index in [2.05, 4.69) is 39.9 Å². The highest BCUT2D eigenvalue weighted by molar-refractivity contribution is 7.89. The van der Waals surface area contributed by atoms with Crippen molar-refractivity contribution in [2.75, 3.05) is 39.0 Å². The molecule has 6 nitrogen and oxygen atoms in total. The van der Waals surface area contributed by atoms with Crippen LogP contribution in [0.25, 0.3) is 0 Å². The van der Waals surface area contributed by atoms with Crippen molar-refractivity contribution in [1.82, 2.24) is 14.9 Å². The minimum Gasteiger partial charge on any atom is -0.356 e. The van der Waals surface area contributed by atoms with Crippen LogP contribution < -0.4 is 10.6 Å². The highest BCUT2D eigenvalue weighted by Crippen LogP contribution is 2.43. The number of hydrogen-bond donors (Lipinski definition) is 2. The van der Waals surface area contributed by atoms with Gasteiger partial charge in [-0.25, -0.2) is 12.7 Å². The molecule has 1 aliphatic rings. The average molecular weight is 381 g/mol. The molecular weight excluding hydrogens is 348 g/mol. The largest absolute Gasteiger partial charge is 0.356 e. The molecule has 0 aliphatic heterocycles. The fraction of sp³-hybridized carbons (Fsp3) is 0.632. The molecule has 26 heavy (non-hydrogen) atoms. The summed E-state index contributed by atoms with van der Waals surface area (Å²) in [6.07, 6.45) is 3.57. The van der Waals surface area contributed by atoms with Crippen molar-refractivity contribution in [3.05, 3.63) is 35.9 Å². The van der Waals surface area contributed by atoms with Gasteiger partial charge >= 0.3 is 0 Å². The van der Waals surface area contributed by atoms with Crippen LogP contribution in [-0.4, -0.2) is 57.7 Å². The van der Waals surface area contributed by atoms with Gasteiger partial charge in [-0.3, -0.25) is 4.99 Å². The minimum absolute atomic E-state index is 0.0687. The van der Waals surface area contributed by atoms with Gasteiger partial charge in [0.25, 0.3) is 0 Å². The van der Waals surface area contributed by atoms with E-state index in [-0.39, 0.29) is 11.2 Å². The first-order chi connectivity index (χ1) is 12.5. The lowest BCUT2D eigenvalue weighted by Crippen LogP contribution is -2.49. The van der Waals surface area contributed by atoms with E-state index in [4.69, 9.17) is 0 Å². The maximum absolute atomic E-state index is 12.2. The summed E-state index contributed by atoms with van der Waals surface area (Å²) >= 11 is 0. The topological polar surface area (TPSA) is 73.8 Å². The molecule has 0 aromatic heterocycles. The summed E-state index contributed by atoms with van der Waals surface area (Å²) in [4.78, 5) is 4.23. The van der Waals surface area contributed by atoms with E-state index in [1.54, 1.807) is 7.05 Å². The first-order valence-electron chi connectivity index (χ1n) is 9.45. The Morgan fingerprint density at radius 2 is 1.81 bits per heavy atom. The Kier molecular flexibility index (Phi) is 7.46. The van der Waals surface area contributed by atoms with E-state index >= 15 is 0 Å². The molecule has 0 heterocycles. The second-order valence-corrected chi connectivity index (χ2v) is 8.84. The fourth-order valence-corrected chi connectivity index (χ4v) is 4.89. The zero-order valence-corrected chi connectivity index (χ0v) is 17.0. The Bertz CT molecular complexity index is 681. The lowest BCUT2D eigenvalue weighted by molar-refractivity contribution is 0.244. The Balaban J connectivity index is 1.87. The lowest BCUT2D eigenvalue weighted by atomic mass is 9.64. The Morgan fingerprint density at radius 1 is 1.15 bits per heavy atom. The van der Waals surface area contributed by atoms with Crippen molar-refractivity contribution >= 4 is 16.0 Å². The first-order valence-corrected chi connectivity index (χ1v) is 11.1. The molecule has 1 aromatic carbocycles. The Morgan fingerprint density at radius 3 is 2.31 bits per heavy atom. The third-order valence-electron chi connectivity index (χ3n) is 5.27. The molecule has 0 spiro atoms. The van der Waals surface area contributed by atoms with Gasteiger partial charge in [0.15, 0.2) is 5.96 Å². The molecule has 1 aliphatic carbocycles. The van der Waals surface area contributed by atoms with Crippen LogP contribution in [0.15, 0.2) is 35.3 Å². The van der Waals surface area contributed by atoms with Crippen molar-refractivity contribution in [2.45, 2.75) is 38.5 Å². The van der Waals surface area contributed by atoms with Crippen LogP contribution in [0.4, 0.5) is 0 Å². The van der Waals surface area contributed by atoms with Gasteiger partial charge < -0.3 is 10.6 Å². The van der Waals surface area contributed by atoms with Crippen LogP contribution in [0.5, 0.6) is 0 Å². The predicted octanol–water partition coefficient (Wildman–Crippen LogP) is 1.94. The zero-order chi connectivity index (χ0) is 19.0. The number of benzene rings is 1. The zero-order valence-electron chi connectivity index (χ0n) is 16.2. The van der Waals surface area contributed by atoms with Crippen LogP contribution in [0.3, 0.4) is 0 Å². The van der Waals surface area contributed by atoms with Crippen LogP contribution >= 0.6 is 0 Å². The van der Waals surface area contributed by atoms with Crippen molar-refractivity contribution in [3.8, 4) is 0 Å². The molecule has 2 rings (SSSR count). The minimum atomic E-state index is -3.22. The monoisotopic (exact) mass is 380 g/mol. The van der Waals surface area contributed by atoms with Gasteiger partial charge in [0.1, 0.15) is 0 Å². The van der Waals surface area contributed by atoms with Crippen LogP contribution in [-0.2, 0) is 15.4 Å². The molecular formula is C19H32N4O2S. The van der Waals surface area contributed by atoms with Gasteiger partial charge in [0.05, 0.1) is 5.75 Å². The average Bonchev–Trinajstić information content (AvgIpc) is 2.60. The smallest absolute Gasteiger partial charge is 0.215 e. The molecule has 0 bridgehead atoms. The second kappa shape index (κ2) is 9.37. The van der Waals surface area contributed by atoms with E-state index in [9.17, 15) is 8.42 Å². The number of nitrogens with zero attached hydrogens (tertiary/aromatic N) is 2. The summed E-state index contributed by atoms with van der Waals surface area (Å²) in [6, 6.07) is 10.6. The maximum atomic E-state index is 12.2. The summed E-state index contributed by atoms with van der Waals surface area (Å²) in [6.45, 7) is 5.88. The highest BCUT2D eigenvalue weighted by Gasteiger charge is 2.38. The third kappa shape index (κ3) is 4.98. The molecule has 0 amide bonds. The number of sulfonamides is 1. The maximum Gasteiger partial charge on any atom is 0.215 e. The summed E-state index contributed by atoms with van der Waals surface area (Å²) < 4.78 is 26.0. The van der Waals surface area contributed by atoms with E-state index < -0.39 is 10.0 Å². The van der Waals surface area contributed by atoms with E-state index in [0.717, 1.165) is 19.4 Å². The number of nitrogens with one attached hydrogen (secondary N) is 2. The molecule has 146 valence electrons. The molecule has 1 aromatic rings. The summed E-state index contributed by atoms with van der Waals surface area (Å²) in [7, 11) is -1.51. The Hall–Kier alpha value is -1.60. The van der Waals surface area contributed by atoms with Crippen LogP contribution in [0, 0.1) is 0 Å². The third-order valence-corrected chi connectivity index (χ3v) is 7.29. The second-order valence-electron chi connectivity index (χ2n) is 6.75. The molecule has 1 fully saturated rings. The van der Waals surface area contributed by atoms with Crippen molar-refractivity contribution in [1.29, 1.82) is 0 Å². The molecule has 0 unspecified atom stereocenters. The van der Waals surface area contributed by atoms with Gasteiger partial charge in [-0.2, -0.15) is 0 Å². The quantitative estimate of drug-likeness (QED) is 0.507. The van der Waals surface area contributed by atoms with Crippen molar-refractivity contribution < 1.29 is 8.42 Å². The van der Waals surface area contributed by atoms with Crippen molar-refractivity contribution in [2.24, 2.45) is 4.99 Å². The standard InChI is InChI=1S/C19H32N4O2S/c1-4-23(5-2)26(24,25)15-14-21-18(20-3)22-16-19(12-9-13-19)17-10-7-6-8-11-17/h6-8,10-11H,4-5,9,12-16H2,1-3H3,(H2,20,21,22). The van der Waals surface area contributed by atoms with Crippen molar-refractivity contribution in [3.63, 3.8) is 0 Å². The SMILES string of the molecule is CCN(CC)S(=O)(=O)CCNC(=NC)NCC1(c2ccccc2)CCC1. The van der Waals surface area contributed by atoms with Crippen LogP contribution in [0.1, 0.15) is 38.7 Å². The van der Waals surface area contributed by atoms with Gasteiger partial charge in [0.2, 0.25) is 10.0 Å².